The van der Waals surface area contributed by atoms with Gasteiger partial charge in [-0.1, -0.05) is 38.8 Å². The molecule has 3 N–H and O–H groups in total. The van der Waals surface area contributed by atoms with Gasteiger partial charge < -0.3 is 20.5 Å². The Morgan fingerprint density at radius 1 is 1.12 bits per heavy atom. The first-order valence-corrected chi connectivity index (χ1v) is 11.9. The molecule has 32 heavy (non-hydrogen) atoms. The summed E-state index contributed by atoms with van der Waals surface area (Å²) < 4.78 is 5.38. The van der Waals surface area contributed by atoms with Gasteiger partial charge in [-0.25, -0.2) is 0 Å². The Bertz CT molecular complexity index is 626. The van der Waals surface area contributed by atoms with Crippen molar-refractivity contribution in [1.29, 1.82) is 0 Å². The van der Waals surface area contributed by atoms with Crippen LogP contribution >= 0.6 is 0 Å². The Morgan fingerprint density at radius 2 is 1.81 bits per heavy atom. The lowest BCUT2D eigenvalue weighted by Crippen LogP contribution is -2.50. The summed E-state index contributed by atoms with van der Waals surface area (Å²) in [5.74, 6) is -1.29. The molecule has 0 aromatic carbocycles. The molecule has 1 rings (SSSR count). The first-order chi connectivity index (χ1) is 15.3. The number of esters is 1. The van der Waals surface area contributed by atoms with Gasteiger partial charge in [0.1, 0.15) is 6.61 Å². The number of carbonyl (C=O) groups is 3. The Balaban J connectivity index is 2.60. The molecule has 7 heteroatoms. The van der Waals surface area contributed by atoms with Gasteiger partial charge in [-0.3, -0.25) is 14.4 Å². The number of hydrogen-bond acceptors (Lipinski definition) is 5. The van der Waals surface area contributed by atoms with Crippen molar-refractivity contribution in [3.05, 3.63) is 25.3 Å². The van der Waals surface area contributed by atoms with Gasteiger partial charge in [-0.15, -0.1) is 13.2 Å². The van der Waals surface area contributed by atoms with E-state index in [-0.39, 0.29) is 49.4 Å². The number of ether oxygens (including phenoxy) is 1. The van der Waals surface area contributed by atoms with Crippen molar-refractivity contribution in [1.82, 2.24) is 10.6 Å². The molecule has 1 aliphatic rings. The first-order valence-electron chi connectivity index (χ1n) is 11.9. The number of carbonyl (C=O) groups excluding carboxylic acids is 3. The highest BCUT2D eigenvalue weighted by atomic mass is 16.5. The summed E-state index contributed by atoms with van der Waals surface area (Å²) in [6.45, 7) is 11.3. The number of amides is 2. The molecule has 0 saturated heterocycles. The second-order valence-corrected chi connectivity index (χ2v) is 9.20. The number of unbranched alkanes of at least 4 members (excludes halogenated alkanes) is 2. The molecule has 0 heterocycles. The van der Waals surface area contributed by atoms with Crippen LogP contribution in [0, 0.1) is 11.8 Å². The molecule has 2 atom stereocenters. The van der Waals surface area contributed by atoms with Crippen LogP contribution in [0.15, 0.2) is 25.3 Å². The van der Waals surface area contributed by atoms with Crippen LogP contribution < -0.4 is 10.6 Å². The lowest BCUT2D eigenvalue weighted by Gasteiger charge is -2.29. The van der Waals surface area contributed by atoms with E-state index in [1.807, 2.05) is 19.9 Å². The van der Waals surface area contributed by atoms with E-state index in [1.165, 1.54) is 0 Å². The lowest BCUT2D eigenvalue weighted by molar-refractivity contribution is -0.145. The van der Waals surface area contributed by atoms with Crippen LogP contribution in [-0.2, 0) is 19.1 Å². The summed E-state index contributed by atoms with van der Waals surface area (Å²) >= 11 is 0. The van der Waals surface area contributed by atoms with Crippen LogP contribution in [0.1, 0.15) is 78.1 Å². The highest BCUT2D eigenvalue weighted by Gasteiger charge is 2.35. The Labute approximate surface area is 193 Å². The Morgan fingerprint density at radius 3 is 2.38 bits per heavy atom. The highest BCUT2D eigenvalue weighted by molar-refractivity contribution is 5.86. The topological polar surface area (TPSA) is 105 Å². The van der Waals surface area contributed by atoms with Gasteiger partial charge in [0, 0.05) is 12.8 Å². The predicted octanol–water partition coefficient (Wildman–Crippen LogP) is 3.42. The molecular formula is C25H42N2O5. The Kier molecular flexibility index (Phi) is 12.9. The highest BCUT2D eigenvalue weighted by Crippen LogP contribution is 2.29. The number of allylic oxidation sites excluding steroid dienone is 2. The predicted molar refractivity (Wildman–Crippen MR) is 126 cm³/mol. The smallest absolute Gasteiger partial charge is 0.305 e. The van der Waals surface area contributed by atoms with E-state index in [0.717, 1.165) is 44.9 Å². The molecule has 1 saturated carbocycles. The fourth-order valence-electron chi connectivity index (χ4n) is 3.94. The van der Waals surface area contributed by atoms with Crippen LogP contribution in [0.3, 0.4) is 0 Å². The molecule has 0 aromatic rings. The van der Waals surface area contributed by atoms with Crippen molar-refractivity contribution in [2.75, 3.05) is 13.2 Å². The van der Waals surface area contributed by atoms with Gasteiger partial charge in [0.05, 0.1) is 24.1 Å². The SMILES string of the molecule is C=CCCCCC(=O)OC[C@@H](NC(=O)[C@@H](CC=C)CC(=O)NC1(CO)CCCC1)C(C)C. The van der Waals surface area contributed by atoms with E-state index < -0.39 is 11.5 Å². The second-order valence-electron chi connectivity index (χ2n) is 9.20. The average molecular weight is 451 g/mol. The van der Waals surface area contributed by atoms with Crippen LogP contribution in [-0.4, -0.2) is 47.7 Å². The van der Waals surface area contributed by atoms with Gasteiger partial charge in [0.25, 0.3) is 0 Å². The maximum Gasteiger partial charge on any atom is 0.305 e. The largest absolute Gasteiger partial charge is 0.463 e. The standard InChI is InChI=1S/C25H42N2O5/c1-5-7-8-9-13-23(30)32-17-21(19(3)4)26-24(31)20(12-6-2)16-22(29)27-25(18-28)14-10-11-15-25/h5-6,19-21,28H,1-2,7-18H2,3-4H3,(H,26,31)(H,27,29)/t20-,21+/m0/s1. The van der Waals surface area contributed by atoms with Crippen molar-refractivity contribution in [2.45, 2.75) is 89.6 Å². The third kappa shape index (κ3) is 9.98. The van der Waals surface area contributed by atoms with Gasteiger partial charge in [-0.2, -0.15) is 0 Å². The van der Waals surface area contributed by atoms with Gasteiger partial charge in [0.2, 0.25) is 11.8 Å². The maximum absolute atomic E-state index is 12.9. The van der Waals surface area contributed by atoms with E-state index in [0.29, 0.717) is 12.8 Å². The van der Waals surface area contributed by atoms with E-state index in [1.54, 1.807) is 6.08 Å². The first kappa shape index (κ1) is 27.9. The zero-order valence-corrected chi connectivity index (χ0v) is 19.9. The summed E-state index contributed by atoms with van der Waals surface area (Å²) in [6, 6.07) is -0.339. The summed E-state index contributed by atoms with van der Waals surface area (Å²) in [5, 5.41) is 15.6. The molecule has 1 fully saturated rings. The monoisotopic (exact) mass is 450 g/mol. The van der Waals surface area contributed by atoms with Crippen molar-refractivity contribution < 1.29 is 24.2 Å². The molecule has 0 bridgehead atoms. The molecular weight excluding hydrogens is 408 g/mol. The number of aliphatic hydroxyl groups excluding tert-OH is 1. The third-order valence-corrected chi connectivity index (χ3v) is 6.12. The molecule has 0 radical (unpaired) electrons. The minimum atomic E-state index is -0.569. The summed E-state index contributed by atoms with van der Waals surface area (Å²) in [6.07, 6.45) is 10.1. The molecule has 0 spiro atoms. The quantitative estimate of drug-likeness (QED) is 0.190. The third-order valence-electron chi connectivity index (χ3n) is 6.12. The minimum Gasteiger partial charge on any atom is -0.463 e. The van der Waals surface area contributed by atoms with E-state index in [4.69, 9.17) is 4.74 Å². The van der Waals surface area contributed by atoms with E-state index >= 15 is 0 Å². The van der Waals surface area contributed by atoms with Crippen LogP contribution in [0.25, 0.3) is 0 Å². The number of hydrogen-bond donors (Lipinski definition) is 3. The van der Waals surface area contributed by atoms with Crippen molar-refractivity contribution in [2.24, 2.45) is 11.8 Å². The Hall–Kier alpha value is -2.15. The average Bonchev–Trinajstić information content (AvgIpc) is 3.22. The van der Waals surface area contributed by atoms with Crippen molar-refractivity contribution >= 4 is 17.8 Å². The zero-order chi connectivity index (χ0) is 24.0. The minimum absolute atomic E-state index is 0.0213. The number of aliphatic hydroxyl groups is 1. The normalized spacial score (nSPS) is 16.8. The molecule has 182 valence electrons. The molecule has 2 amide bonds. The van der Waals surface area contributed by atoms with Gasteiger partial charge in [-0.05, 0) is 44.4 Å². The zero-order valence-electron chi connectivity index (χ0n) is 19.9. The second kappa shape index (κ2) is 14.8. The molecule has 0 unspecified atom stereocenters. The van der Waals surface area contributed by atoms with Crippen molar-refractivity contribution in [3.8, 4) is 0 Å². The maximum atomic E-state index is 12.9. The van der Waals surface area contributed by atoms with Gasteiger partial charge >= 0.3 is 5.97 Å². The van der Waals surface area contributed by atoms with Crippen LogP contribution in [0.4, 0.5) is 0 Å². The van der Waals surface area contributed by atoms with Crippen LogP contribution in [0.5, 0.6) is 0 Å². The van der Waals surface area contributed by atoms with Crippen molar-refractivity contribution in [3.63, 3.8) is 0 Å². The number of nitrogens with one attached hydrogen (secondary N) is 2. The number of rotatable bonds is 16. The van der Waals surface area contributed by atoms with E-state index in [2.05, 4.69) is 23.8 Å². The van der Waals surface area contributed by atoms with Gasteiger partial charge in [0.15, 0.2) is 0 Å². The fraction of sp³-hybridized carbons (Fsp3) is 0.720. The molecule has 1 aliphatic carbocycles. The summed E-state index contributed by atoms with van der Waals surface area (Å²) in [7, 11) is 0. The summed E-state index contributed by atoms with van der Waals surface area (Å²) in [5.41, 5.74) is -0.563. The fourth-order valence-corrected chi connectivity index (χ4v) is 3.94. The molecule has 7 nitrogen and oxygen atoms in total. The lowest BCUT2D eigenvalue weighted by atomic mass is 9.95. The van der Waals surface area contributed by atoms with E-state index in [9.17, 15) is 19.5 Å². The molecule has 0 aromatic heterocycles. The molecule has 0 aliphatic heterocycles. The summed E-state index contributed by atoms with van der Waals surface area (Å²) in [4.78, 5) is 37.5. The van der Waals surface area contributed by atoms with Crippen LogP contribution in [0.2, 0.25) is 0 Å².